The van der Waals surface area contributed by atoms with Crippen molar-refractivity contribution in [1.82, 2.24) is 5.32 Å². The van der Waals surface area contributed by atoms with Crippen LogP contribution in [0.3, 0.4) is 0 Å². The van der Waals surface area contributed by atoms with E-state index in [1.807, 2.05) is 6.08 Å². The van der Waals surface area contributed by atoms with Crippen LogP contribution in [0.2, 0.25) is 0 Å². The molecule has 442 valence electrons. The molecule has 0 spiro atoms. The molecule has 2 heterocycles. The zero-order valence-electron chi connectivity index (χ0n) is 47.5. The topological polar surface area (TPSA) is 228 Å². The SMILES string of the molecule is CC/C=C\C/C=C\C/C=C\C/C=C\CCCCCCCCCCCCCCCCCCCCCCC(=O)NC(COC1OC(CO)C(OC2OC(CO)C(O)C(O)C2O)C(O)C1O)C(O)/C=C/CCCCCCCCC. The van der Waals surface area contributed by atoms with E-state index in [-0.39, 0.29) is 18.9 Å². The van der Waals surface area contributed by atoms with Crippen molar-refractivity contribution in [3.8, 4) is 0 Å². The van der Waals surface area contributed by atoms with Crippen LogP contribution in [0.25, 0.3) is 0 Å². The highest BCUT2D eigenvalue weighted by atomic mass is 16.7. The molecule has 0 aromatic heterocycles. The van der Waals surface area contributed by atoms with Crippen molar-refractivity contribution >= 4 is 5.91 Å². The maximum atomic E-state index is 13.2. The maximum absolute atomic E-state index is 13.2. The fourth-order valence-corrected chi connectivity index (χ4v) is 9.81. The zero-order chi connectivity index (χ0) is 55.3. The third-order valence-electron chi connectivity index (χ3n) is 14.7. The average Bonchev–Trinajstić information content (AvgIpc) is 3.42. The first-order valence-corrected chi connectivity index (χ1v) is 30.5. The quantitative estimate of drug-likeness (QED) is 0.0204. The van der Waals surface area contributed by atoms with E-state index in [4.69, 9.17) is 18.9 Å². The van der Waals surface area contributed by atoms with Crippen LogP contribution in [0, 0.1) is 0 Å². The van der Waals surface area contributed by atoms with Crippen molar-refractivity contribution in [2.24, 2.45) is 0 Å². The lowest BCUT2D eigenvalue weighted by Crippen LogP contribution is -2.65. The zero-order valence-corrected chi connectivity index (χ0v) is 47.5. The van der Waals surface area contributed by atoms with Gasteiger partial charge in [-0.25, -0.2) is 0 Å². The smallest absolute Gasteiger partial charge is 0.220 e. The van der Waals surface area contributed by atoms with Crippen LogP contribution in [-0.2, 0) is 23.7 Å². The first-order valence-electron chi connectivity index (χ1n) is 30.5. The molecule has 2 rings (SSSR count). The van der Waals surface area contributed by atoms with Gasteiger partial charge in [-0.1, -0.05) is 229 Å². The van der Waals surface area contributed by atoms with Crippen LogP contribution < -0.4 is 5.32 Å². The first kappa shape index (κ1) is 69.8. The van der Waals surface area contributed by atoms with Gasteiger partial charge in [-0.2, -0.15) is 0 Å². The predicted molar refractivity (Wildman–Crippen MR) is 304 cm³/mol. The summed E-state index contributed by atoms with van der Waals surface area (Å²) in [7, 11) is 0. The van der Waals surface area contributed by atoms with Gasteiger partial charge in [0.2, 0.25) is 5.91 Å². The Labute approximate surface area is 460 Å². The Bertz CT molecular complexity index is 1510. The van der Waals surface area contributed by atoms with Gasteiger partial charge >= 0.3 is 0 Å². The molecule has 0 bridgehead atoms. The van der Waals surface area contributed by atoms with Gasteiger partial charge in [0.1, 0.15) is 48.8 Å². The third-order valence-corrected chi connectivity index (χ3v) is 14.7. The molecule has 0 aliphatic carbocycles. The van der Waals surface area contributed by atoms with E-state index >= 15 is 0 Å². The van der Waals surface area contributed by atoms with Crippen LogP contribution in [0.4, 0.5) is 0 Å². The van der Waals surface area contributed by atoms with Crippen molar-refractivity contribution in [2.75, 3.05) is 19.8 Å². The molecule has 12 unspecified atom stereocenters. The summed E-state index contributed by atoms with van der Waals surface area (Å²) in [4.78, 5) is 13.2. The minimum atomic E-state index is -1.79. The number of carbonyl (C=O) groups is 1. The van der Waals surface area contributed by atoms with Crippen molar-refractivity contribution in [1.29, 1.82) is 0 Å². The van der Waals surface area contributed by atoms with Gasteiger partial charge in [0, 0.05) is 6.42 Å². The summed E-state index contributed by atoms with van der Waals surface area (Å²) in [5.41, 5.74) is 0. The fraction of sp³-hybridized carbons (Fsp3) is 0.823. The Morgan fingerprint density at radius 3 is 1.39 bits per heavy atom. The molecule has 0 radical (unpaired) electrons. The minimum Gasteiger partial charge on any atom is -0.394 e. The Hall–Kier alpha value is -2.31. The molecule has 0 aromatic rings. The third kappa shape index (κ3) is 32.7. The molecule has 2 fully saturated rings. The van der Waals surface area contributed by atoms with Crippen molar-refractivity contribution in [2.45, 2.75) is 306 Å². The second kappa shape index (κ2) is 47.5. The molecular weight excluding hydrogens is 967 g/mol. The van der Waals surface area contributed by atoms with Gasteiger partial charge in [0.25, 0.3) is 0 Å². The first-order chi connectivity index (χ1) is 37.1. The molecule has 2 aliphatic heterocycles. The molecule has 76 heavy (non-hydrogen) atoms. The number of amides is 1. The number of ether oxygens (including phenoxy) is 4. The highest BCUT2D eigenvalue weighted by Crippen LogP contribution is 2.30. The number of aliphatic hydroxyl groups excluding tert-OH is 8. The standard InChI is InChI=1S/C62H111NO13/c1-3-5-7-9-11-13-14-15-16-17-18-19-20-21-22-23-24-25-26-27-28-29-30-31-32-33-34-35-36-38-40-42-44-46-54(67)63-50(51(66)45-43-41-39-37-12-10-8-6-4-2)49-73-61-59(72)57(70)60(53(48-65)75-61)76-62-58(71)56(69)55(68)52(47-64)74-62/h5,7,11,13,15-16,18-19,43,45,50-53,55-62,64-66,68-72H,3-4,6,8-10,12,14,17,20-42,44,46-49H2,1-2H3,(H,63,67)/b7-5-,13-11-,16-15-,19-18-,45-43+. The minimum absolute atomic E-state index is 0.241. The molecule has 9 N–H and O–H groups in total. The normalized spacial score (nSPS) is 25.3. The van der Waals surface area contributed by atoms with Crippen molar-refractivity contribution < 1.29 is 64.6 Å². The van der Waals surface area contributed by atoms with E-state index in [1.165, 1.54) is 141 Å². The lowest BCUT2D eigenvalue weighted by atomic mass is 9.97. The van der Waals surface area contributed by atoms with E-state index in [1.54, 1.807) is 6.08 Å². The van der Waals surface area contributed by atoms with E-state index in [0.717, 1.165) is 64.2 Å². The lowest BCUT2D eigenvalue weighted by molar-refractivity contribution is -0.359. The van der Waals surface area contributed by atoms with E-state index in [2.05, 4.69) is 67.8 Å². The number of allylic oxidation sites excluding steroid dienone is 9. The number of hydrogen-bond acceptors (Lipinski definition) is 13. The van der Waals surface area contributed by atoms with Crippen LogP contribution in [0.15, 0.2) is 60.8 Å². The molecule has 14 nitrogen and oxygen atoms in total. The number of carbonyl (C=O) groups excluding carboxylic acids is 1. The van der Waals surface area contributed by atoms with Crippen LogP contribution in [0.5, 0.6) is 0 Å². The molecular formula is C62H111NO13. The molecule has 2 aliphatic rings. The van der Waals surface area contributed by atoms with Gasteiger partial charge < -0.3 is 65.1 Å². The van der Waals surface area contributed by atoms with E-state index < -0.39 is 86.8 Å². The van der Waals surface area contributed by atoms with E-state index in [0.29, 0.717) is 6.42 Å². The van der Waals surface area contributed by atoms with Crippen LogP contribution >= 0.6 is 0 Å². The van der Waals surface area contributed by atoms with Gasteiger partial charge in [0.05, 0.1) is 32.0 Å². The Morgan fingerprint density at radius 2 is 0.908 bits per heavy atom. The average molecular weight is 1080 g/mol. The largest absolute Gasteiger partial charge is 0.394 e. The Kier molecular flexibility index (Phi) is 43.6. The second-order valence-corrected chi connectivity index (χ2v) is 21.5. The summed E-state index contributed by atoms with van der Waals surface area (Å²) in [6.45, 7) is 2.65. The predicted octanol–water partition coefficient (Wildman–Crippen LogP) is 10.6. The summed E-state index contributed by atoms with van der Waals surface area (Å²) in [6.07, 6.45) is 44.5. The molecule has 14 heteroatoms. The van der Waals surface area contributed by atoms with Crippen molar-refractivity contribution in [3.63, 3.8) is 0 Å². The summed E-state index contributed by atoms with van der Waals surface area (Å²) < 4.78 is 22.7. The lowest BCUT2D eigenvalue weighted by Gasteiger charge is -2.46. The maximum Gasteiger partial charge on any atom is 0.220 e. The highest BCUT2D eigenvalue weighted by Gasteiger charge is 2.51. The Morgan fingerprint density at radius 1 is 0.487 bits per heavy atom. The van der Waals surface area contributed by atoms with Gasteiger partial charge in [0.15, 0.2) is 12.6 Å². The summed E-state index contributed by atoms with van der Waals surface area (Å²) in [6, 6.07) is -0.912. The summed E-state index contributed by atoms with van der Waals surface area (Å²) in [5, 5.41) is 86.8. The number of nitrogens with one attached hydrogen (secondary N) is 1. The number of rotatable bonds is 48. The fourth-order valence-electron chi connectivity index (χ4n) is 9.81. The van der Waals surface area contributed by atoms with Gasteiger partial charge in [-0.3, -0.25) is 4.79 Å². The monoisotopic (exact) mass is 1080 g/mol. The summed E-state index contributed by atoms with van der Waals surface area (Å²) in [5.74, 6) is -0.241. The molecule has 1 amide bonds. The van der Waals surface area contributed by atoms with Crippen LogP contribution in [-0.4, -0.2) is 140 Å². The van der Waals surface area contributed by atoms with E-state index in [9.17, 15) is 45.6 Å². The molecule has 12 atom stereocenters. The number of aliphatic hydroxyl groups is 8. The number of hydrogen-bond donors (Lipinski definition) is 9. The molecule has 0 saturated carbocycles. The highest BCUT2D eigenvalue weighted by molar-refractivity contribution is 5.76. The van der Waals surface area contributed by atoms with Crippen LogP contribution in [0.1, 0.15) is 232 Å². The second-order valence-electron chi connectivity index (χ2n) is 21.5. The van der Waals surface area contributed by atoms with Crippen molar-refractivity contribution in [3.05, 3.63) is 60.8 Å². The number of unbranched alkanes of at least 4 members (excludes halogenated alkanes) is 27. The van der Waals surface area contributed by atoms with Gasteiger partial charge in [-0.15, -0.1) is 0 Å². The van der Waals surface area contributed by atoms with Gasteiger partial charge in [-0.05, 0) is 57.8 Å². The molecule has 2 saturated heterocycles. The summed E-state index contributed by atoms with van der Waals surface area (Å²) >= 11 is 0. The molecule has 0 aromatic carbocycles. The Balaban J connectivity index is 1.59.